The van der Waals surface area contributed by atoms with Crippen LogP contribution in [0.2, 0.25) is 5.02 Å². The van der Waals surface area contributed by atoms with Crippen molar-refractivity contribution in [3.8, 4) is 0 Å². The summed E-state index contributed by atoms with van der Waals surface area (Å²) in [5.41, 5.74) is 4.80. The standard InChI is InChI=1S/C11H10ClFN2OS/c12-6-1-2-8(7(13)5-6)15-10(16)11(3-4-11)9(14)17/h1-2,5H,3-4H2,(H2,14,17)(H,15,16). The van der Waals surface area contributed by atoms with Crippen molar-refractivity contribution in [2.75, 3.05) is 5.32 Å². The van der Waals surface area contributed by atoms with E-state index < -0.39 is 11.2 Å². The number of carbonyl (C=O) groups excluding carboxylic acids is 1. The Balaban J connectivity index is 2.17. The van der Waals surface area contributed by atoms with Crippen LogP contribution in [-0.2, 0) is 4.79 Å². The van der Waals surface area contributed by atoms with Crippen LogP contribution in [0.15, 0.2) is 18.2 Å². The fourth-order valence-electron chi connectivity index (χ4n) is 1.54. The Morgan fingerprint density at radius 1 is 1.53 bits per heavy atom. The topological polar surface area (TPSA) is 55.1 Å². The molecular weight excluding hydrogens is 263 g/mol. The van der Waals surface area contributed by atoms with Gasteiger partial charge in [0.2, 0.25) is 5.91 Å². The number of hydrogen-bond donors (Lipinski definition) is 2. The van der Waals surface area contributed by atoms with Gasteiger partial charge in [0.05, 0.1) is 16.1 Å². The minimum absolute atomic E-state index is 0.0851. The van der Waals surface area contributed by atoms with Crippen LogP contribution < -0.4 is 11.1 Å². The molecule has 3 N–H and O–H groups in total. The van der Waals surface area contributed by atoms with E-state index in [2.05, 4.69) is 5.32 Å². The van der Waals surface area contributed by atoms with Crippen LogP contribution in [0.3, 0.4) is 0 Å². The van der Waals surface area contributed by atoms with Crippen molar-refractivity contribution in [1.29, 1.82) is 0 Å². The monoisotopic (exact) mass is 272 g/mol. The van der Waals surface area contributed by atoms with Gasteiger partial charge in [0, 0.05) is 5.02 Å². The summed E-state index contributed by atoms with van der Waals surface area (Å²) in [6.45, 7) is 0. The molecule has 1 amide bonds. The number of anilines is 1. The van der Waals surface area contributed by atoms with E-state index in [1.165, 1.54) is 12.1 Å². The zero-order chi connectivity index (χ0) is 12.6. The number of carbonyl (C=O) groups is 1. The maximum absolute atomic E-state index is 13.5. The molecule has 1 aromatic carbocycles. The Bertz CT molecular complexity index is 502. The molecule has 1 saturated carbocycles. The second-order valence-electron chi connectivity index (χ2n) is 4.02. The molecule has 0 bridgehead atoms. The molecule has 17 heavy (non-hydrogen) atoms. The van der Waals surface area contributed by atoms with Gasteiger partial charge in [-0.1, -0.05) is 23.8 Å². The summed E-state index contributed by atoms with van der Waals surface area (Å²) < 4.78 is 13.5. The third kappa shape index (κ3) is 2.25. The molecule has 3 nitrogen and oxygen atoms in total. The first-order chi connectivity index (χ1) is 7.95. The van der Waals surface area contributed by atoms with E-state index in [1.807, 2.05) is 0 Å². The third-order valence-electron chi connectivity index (χ3n) is 2.84. The van der Waals surface area contributed by atoms with Crippen molar-refractivity contribution in [3.05, 3.63) is 29.0 Å². The quantitative estimate of drug-likeness (QED) is 0.831. The molecular formula is C11H10ClFN2OS. The van der Waals surface area contributed by atoms with Gasteiger partial charge in [-0.15, -0.1) is 0 Å². The van der Waals surface area contributed by atoms with Crippen LogP contribution in [0.5, 0.6) is 0 Å². The first-order valence-corrected chi connectivity index (χ1v) is 5.81. The Morgan fingerprint density at radius 2 is 2.18 bits per heavy atom. The Hall–Kier alpha value is -1.20. The summed E-state index contributed by atoms with van der Waals surface area (Å²) in [6, 6.07) is 4.04. The van der Waals surface area contributed by atoms with Gasteiger partial charge in [-0.3, -0.25) is 4.79 Å². The molecule has 1 aliphatic rings. The van der Waals surface area contributed by atoms with Crippen LogP contribution in [0.1, 0.15) is 12.8 Å². The summed E-state index contributed by atoms with van der Waals surface area (Å²) in [4.78, 5) is 12.1. The molecule has 1 aliphatic carbocycles. The van der Waals surface area contributed by atoms with Crippen LogP contribution in [0.25, 0.3) is 0 Å². The van der Waals surface area contributed by atoms with Crippen molar-refractivity contribution in [2.24, 2.45) is 11.1 Å². The molecule has 0 saturated heterocycles. The van der Waals surface area contributed by atoms with E-state index in [1.54, 1.807) is 0 Å². The molecule has 1 fully saturated rings. The van der Waals surface area contributed by atoms with Crippen molar-refractivity contribution < 1.29 is 9.18 Å². The summed E-state index contributed by atoms with van der Waals surface area (Å²) in [5, 5.41) is 2.76. The fourth-order valence-corrected chi connectivity index (χ4v) is 2.00. The number of thiocarbonyl (C=S) groups is 1. The lowest BCUT2D eigenvalue weighted by atomic mass is 10.1. The highest BCUT2D eigenvalue weighted by Gasteiger charge is 2.52. The van der Waals surface area contributed by atoms with E-state index >= 15 is 0 Å². The summed E-state index contributed by atoms with van der Waals surface area (Å²) in [7, 11) is 0. The van der Waals surface area contributed by atoms with Crippen LogP contribution in [0.4, 0.5) is 10.1 Å². The molecule has 1 aromatic rings. The van der Waals surface area contributed by atoms with Gasteiger partial charge in [-0.25, -0.2) is 4.39 Å². The molecule has 0 atom stereocenters. The Labute approximate surface area is 108 Å². The number of halogens is 2. The molecule has 0 radical (unpaired) electrons. The van der Waals surface area contributed by atoms with E-state index in [0.29, 0.717) is 12.8 Å². The number of amides is 1. The van der Waals surface area contributed by atoms with Crippen molar-refractivity contribution >= 4 is 40.4 Å². The SMILES string of the molecule is NC(=S)C1(C(=O)Nc2ccc(Cl)cc2F)CC1. The van der Waals surface area contributed by atoms with Crippen LogP contribution in [0, 0.1) is 11.2 Å². The number of hydrogen-bond acceptors (Lipinski definition) is 2. The van der Waals surface area contributed by atoms with Crippen molar-refractivity contribution in [2.45, 2.75) is 12.8 Å². The van der Waals surface area contributed by atoms with Crippen LogP contribution in [-0.4, -0.2) is 10.9 Å². The zero-order valence-electron chi connectivity index (χ0n) is 8.80. The average molecular weight is 273 g/mol. The minimum atomic E-state index is -0.790. The van der Waals surface area contributed by atoms with Gasteiger partial charge >= 0.3 is 0 Å². The summed E-state index contributed by atoms with van der Waals surface area (Å²) in [5.74, 6) is -0.934. The Morgan fingerprint density at radius 3 is 2.65 bits per heavy atom. The third-order valence-corrected chi connectivity index (χ3v) is 3.46. The molecule has 0 aliphatic heterocycles. The summed E-state index contributed by atoms with van der Waals surface area (Å²) >= 11 is 10.5. The van der Waals surface area contributed by atoms with Gasteiger partial charge in [0.25, 0.3) is 0 Å². The first-order valence-electron chi connectivity index (χ1n) is 5.02. The van der Waals surface area contributed by atoms with Crippen molar-refractivity contribution in [3.63, 3.8) is 0 Å². The number of rotatable bonds is 3. The molecule has 0 spiro atoms. The summed E-state index contributed by atoms with van der Waals surface area (Å²) in [6.07, 6.45) is 1.23. The zero-order valence-corrected chi connectivity index (χ0v) is 10.4. The highest BCUT2D eigenvalue weighted by atomic mass is 35.5. The second kappa shape index (κ2) is 4.23. The van der Waals surface area contributed by atoms with E-state index in [-0.39, 0.29) is 21.6 Å². The lowest BCUT2D eigenvalue weighted by molar-refractivity contribution is -0.118. The highest BCUT2D eigenvalue weighted by molar-refractivity contribution is 7.80. The molecule has 0 heterocycles. The largest absolute Gasteiger partial charge is 0.392 e. The van der Waals surface area contributed by atoms with E-state index in [4.69, 9.17) is 29.6 Å². The molecule has 0 aromatic heterocycles. The van der Waals surface area contributed by atoms with E-state index in [0.717, 1.165) is 6.07 Å². The first kappa shape index (κ1) is 12.3. The van der Waals surface area contributed by atoms with Crippen molar-refractivity contribution in [1.82, 2.24) is 0 Å². The van der Waals surface area contributed by atoms with Gasteiger partial charge < -0.3 is 11.1 Å². The molecule has 2 rings (SSSR count). The maximum Gasteiger partial charge on any atom is 0.237 e. The fraction of sp³-hybridized carbons (Fsp3) is 0.273. The minimum Gasteiger partial charge on any atom is -0.392 e. The van der Waals surface area contributed by atoms with Gasteiger partial charge in [0.15, 0.2) is 0 Å². The number of nitrogens with two attached hydrogens (primary N) is 1. The molecule has 6 heteroatoms. The second-order valence-corrected chi connectivity index (χ2v) is 4.90. The number of nitrogens with one attached hydrogen (secondary N) is 1. The highest BCUT2D eigenvalue weighted by Crippen LogP contribution is 2.46. The molecule has 90 valence electrons. The maximum atomic E-state index is 13.5. The lowest BCUT2D eigenvalue weighted by Gasteiger charge is -2.14. The average Bonchev–Trinajstić information content (AvgIpc) is 3.02. The predicted molar refractivity (Wildman–Crippen MR) is 68.5 cm³/mol. The normalized spacial score (nSPS) is 16.4. The smallest absolute Gasteiger partial charge is 0.237 e. The number of benzene rings is 1. The Kier molecular flexibility index (Phi) is 3.05. The van der Waals surface area contributed by atoms with Crippen LogP contribution >= 0.6 is 23.8 Å². The van der Waals surface area contributed by atoms with Gasteiger partial charge in [-0.2, -0.15) is 0 Å². The lowest BCUT2D eigenvalue weighted by Crippen LogP contribution is -2.35. The van der Waals surface area contributed by atoms with E-state index in [9.17, 15) is 9.18 Å². The predicted octanol–water partition coefficient (Wildman–Crippen LogP) is 2.48. The van der Waals surface area contributed by atoms with Gasteiger partial charge in [0.1, 0.15) is 5.82 Å². The molecule has 0 unspecified atom stereocenters. The van der Waals surface area contributed by atoms with Gasteiger partial charge in [-0.05, 0) is 31.0 Å².